The topological polar surface area (TPSA) is 51.2 Å². The number of aliphatic hydroxyl groups is 1. The van der Waals surface area contributed by atoms with Crippen LogP contribution in [0.15, 0.2) is 48.6 Å². The van der Waals surface area contributed by atoms with Gasteiger partial charge in [-0.2, -0.15) is 0 Å². The van der Waals surface area contributed by atoms with E-state index in [2.05, 4.69) is 63.4 Å². The van der Waals surface area contributed by atoms with Crippen LogP contribution in [0.4, 0.5) is 5.69 Å². The van der Waals surface area contributed by atoms with Crippen molar-refractivity contribution in [1.82, 2.24) is 15.1 Å². The molecule has 6 nitrogen and oxygen atoms in total. The summed E-state index contributed by atoms with van der Waals surface area (Å²) in [5.74, 6) is 0.832. The zero-order valence-electron chi connectivity index (χ0n) is 19.5. The lowest BCUT2D eigenvalue weighted by Crippen LogP contribution is -2.67. The molecule has 0 amide bonds. The number of ether oxygens (including phenoxy) is 1. The number of unbranched alkanes of at least 4 members (excludes halogenated alkanes) is 1. The van der Waals surface area contributed by atoms with E-state index in [1.54, 1.807) is 7.11 Å². The molecule has 0 spiro atoms. The molecule has 1 aliphatic heterocycles. The van der Waals surface area contributed by atoms with Crippen LogP contribution in [0.5, 0.6) is 5.75 Å². The first-order chi connectivity index (χ1) is 15.7. The van der Waals surface area contributed by atoms with Crippen molar-refractivity contribution < 1.29 is 9.84 Å². The van der Waals surface area contributed by atoms with Crippen molar-refractivity contribution in [3.05, 3.63) is 48.6 Å². The summed E-state index contributed by atoms with van der Waals surface area (Å²) in [4.78, 5) is 7.15. The molecule has 2 aliphatic rings. The van der Waals surface area contributed by atoms with Crippen LogP contribution in [-0.4, -0.2) is 78.7 Å². The number of hydrogen-bond donors (Lipinski definition) is 2. The summed E-state index contributed by atoms with van der Waals surface area (Å²) < 4.78 is 5.42. The Morgan fingerprint density at radius 3 is 2.47 bits per heavy atom. The first kappa shape index (κ1) is 24.7. The van der Waals surface area contributed by atoms with Gasteiger partial charge in [0.15, 0.2) is 5.11 Å². The van der Waals surface area contributed by atoms with Gasteiger partial charge in [-0.25, -0.2) is 0 Å². The fourth-order valence-corrected chi connectivity index (χ4v) is 4.92. The molecule has 1 fully saturated rings. The van der Waals surface area contributed by atoms with Gasteiger partial charge in [0.2, 0.25) is 0 Å². The molecule has 0 saturated carbocycles. The van der Waals surface area contributed by atoms with Crippen molar-refractivity contribution >= 4 is 23.0 Å². The monoisotopic (exact) mass is 458 g/mol. The molecule has 1 atom stereocenters. The molecule has 0 aromatic heterocycles. The fourth-order valence-electron chi connectivity index (χ4n) is 4.48. The summed E-state index contributed by atoms with van der Waals surface area (Å²) in [5.41, 5.74) is 0.687. The van der Waals surface area contributed by atoms with Crippen molar-refractivity contribution in [3.63, 3.8) is 0 Å². The first-order valence-electron chi connectivity index (χ1n) is 11.8. The van der Waals surface area contributed by atoms with Crippen molar-refractivity contribution in [2.45, 2.75) is 38.3 Å². The third-order valence-electron chi connectivity index (χ3n) is 6.24. The average Bonchev–Trinajstić information content (AvgIpc) is 2.85. The Bertz CT molecular complexity index is 769. The number of benzene rings is 1. The van der Waals surface area contributed by atoms with Gasteiger partial charge in [-0.15, -0.1) is 0 Å². The number of aliphatic hydroxyl groups excluding tert-OH is 1. The molecule has 1 aromatic rings. The first-order valence-corrected chi connectivity index (χ1v) is 12.2. The normalized spacial score (nSPS) is 20.8. The van der Waals surface area contributed by atoms with Crippen molar-refractivity contribution in [3.8, 4) is 5.75 Å². The van der Waals surface area contributed by atoms with Gasteiger partial charge in [-0.1, -0.05) is 31.6 Å². The van der Waals surface area contributed by atoms with Crippen molar-refractivity contribution in [1.29, 1.82) is 0 Å². The van der Waals surface area contributed by atoms with Crippen LogP contribution in [0.25, 0.3) is 0 Å². The second-order valence-electron chi connectivity index (χ2n) is 8.34. The molecule has 1 saturated heterocycles. The zero-order chi connectivity index (χ0) is 22.8. The minimum absolute atomic E-state index is 0.166. The number of nitrogens with zero attached hydrogens (tertiary/aromatic N) is 3. The fraction of sp³-hybridized carbons (Fsp3) is 0.560. The number of anilines is 1. The molecule has 1 heterocycles. The SMILES string of the molecule is CCCCN(CCCO)C(=S)N(c1ccc(OC)cc1)C1(N2CCNCC2)C=CC=CC1. The van der Waals surface area contributed by atoms with Gasteiger partial charge in [0.25, 0.3) is 0 Å². The minimum Gasteiger partial charge on any atom is -0.497 e. The average molecular weight is 459 g/mol. The Balaban J connectivity index is 2.05. The maximum atomic E-state index is 9.51. The van der Waals surface area contributed by atoms with Gasteiger partial charge in [0.1, 0.15) is 11.4 Å². The Kier molecular flexibility index (Phi) is 9.53. The van der Waals surface area contributed by atoms with E-state index in [1.807, 2.05) is 12.1 Å². The number of hydrogen-bond acceptors (Lipinski definition) is 5. The lowest BCUT2D eigenvalue weighted by atomic mass is 9.94. The van der Waals surface area contributed by atoms with E-state index in [0.29, 0.717) is 6.42 Å². The largest absolute Gasteiger partial charge is 0.497 e. The zero-order valence-corrected chi connectivity index (χ0v) is 20.3. The van der Waals surface area contributed by atoms with Crippen LogP contribution in [0.3, 0.4) is 0 Å². The second-order valence-corrected chi connectivity index (χ2v) is 8.71. The highest BCUT2D eigenvalue weighted by atomic mass is 32.1. The number of allylic oxidation sites excluding steroid dienone is 2. The maximum Gasteiger partial charge on any atom is 0.177 e. The van der Waals surface area contributed by atoms with E-state index < -0.39 is 0 Å². The summed E-state index contributed by atoms with van der Waals surface area (Å²) in [6.45, 7) is 7.85. The Labute approximate surface area is 198 Å². The van der Waals surface area contributed by atoms with E-state index in [-0.39, 0.29) is 12.3 Å². The summed E-state index contributed by atoms with van der Waals surface area (Å²) in [6, 6.07) is 8.21. The van der Waals surface area contributed by atoms with Gasteiger partial charge >= 0.3 is 0 Å². The van der Waals surface area contributed by atoms with Crippen LogP contribution < -0.4 is 15.0 Å². The smallest absolute Gasteiger partial charge is 0.177 e. The van der Waals surface area contributed by atoms with Crippen LogP contribution in [0, 0.1) is 0 Å². The van der Waals surface area contributed by atoms with E-state index >= 15 is 0 Å². The molecule has 32 heavy (non-hydrogen) atoms. The molecule has 1 unspecified atom stereocenters. The predicted octanol–water partition coefficient (Wildman–Crippen LogP) is 3.39. The molecule has 176 valence electrons. The third-order valence-corrected chi connectivity index (χ3v) is 6.68. The van der Waals surface area contributed by atoms with Crippen LogP contribution in [0.1, 0.15) is 32.6 Å². The maximum absolute atomic E-state index is 9.51. The molecular weight excluding hydrogens is 420 g/mol. The van der Waals surface area contributed by atoms with Crippen molar-refractivity contribution in [2.24, 2.45) is 0 Å². The molecule has 0 radical (unpaired) electrons. The molecular formula is C25H38N4O2S. The van der Waals surface area contributed by atoms with Crippen LogP contribution in [0.2, 0.25) is 0 Å². The molecule has 3 rings (SSSR count). The minimum atomic E-state index is -0.369. The van der Waals surface area contributed by atoms with Gasteiger partial charge in [-0.3, -0.25) is 9.80 Å². The Hall–Kier alpha value is -1.93. The van der Waals surface area contributed by atoms with Gasteiger partial charge < -0.3 is 20.1 Å². The predicted molar refractivity (Wildman–Crippen MR) is 136 cm³/mol. The summed E-state index contributed by atoms with van der Waals surface area (Å²) in [7, 11) is 1.69. The van der Waals surface area contributed by atoms with E-state index in [0.717, 1.165) is 75.1 Å². The Morgan fingerprint density at radius 2 is 1.88 bits per heavy atom. The van der Waals surface area contributed by atoms with Crippen LogP contribution >= 0.6 is 12.2 Å². The van der Waals surface area contributed by atoms with Gasteiger partial charge in [0.05, 0.1) is 7.11 Å². The molecule has 1 aromatic carbocycles. The number of rotatable bonds is 10. The molecule has 0 bridgehead atoms. The highest BCUT2D eigenvalue weighted by Crippen LogP contribution is 2.36. The number of thiocarbonyl (C=S) groups is 1. The third kappa shape index (κ3) is 5.70. The van der Waals surface area contributed by atoms with Gasteiger partial charge in [-0.05, 0) is 55.4 Å². The van der Waals surface area contributed by atoms with E-state index in [1.165, 1.54) is 0 Å². The summed E-state index contributed by atoms with van der Waals surface area (Å²) >= 11 is 6.23. The van der Waals surface area contributed by atoms with Gasteiger partial charge in [0, 0.05) is 58.0 Å². The van der Waals surface area contributed by atoms with Crippen LogP contribution in [-0.2, 0) is 0 Å². The van der Waals surface area contributed by atoms with E-state index in [9.17, 15) is 5.11 Å². The highest BCUT2D eigenvalue weighted by molar-refractivity contribution is 7.80. The summed E-state index contributed by atoms with van der Waals surface area (Å²) in [5, 5.41) is 13.8. The Morgan fingerprint density at radius 1 is 1.16 bits per heavy atom. The highest BCUT2D eigenvalue weighted by Gasteiger charge is 2.43. The summed E-state index contributed by atoms with van der Waals surface area (Å²) in [6.07, 6.45) is 12.5. The molecule has 1 aliphatic carbocycles. The molecule has 7 heteroatoms. The quantitative estimate of drug-likeness (QED) is 0.521. The van der Waals surface area contributed by atoms with Crippen molar-refractivity contribution in [2.75, 3.05) is 57.9 Å². The standard InChI is InChI=1S/C25H38N4O2S/c1-3-4-17-27(18-8-21-30)24(32)29(22-9-11-23(31-2)12-10-22)25(13-6-5-7-14-25)28-19-15-26-16-20-28/h5-7,9-13,26,30H,3-4,8,14-21H2,1-2H3. The number of piperazine rings is 1. The number of methoxy groups -OCH3 is 1. The lowest BCUT2D eigenvalue weighted by molar-refractivity contribution is 0.118. The lowest BCUT2D eigenvalue weighted by Gasteiger charge is -2.53. The molecule has 2 N–H and O–H groups in total. The van der Waals surface area contributed by atoms with E-state index in [4.69, 9.17) is 17.0 Å². The number of nitrogens with one attached hydrogen (secondary N) is 1. The second kappa shape index (κ2) is 12.3.